The molecule has 0 aromatic heterocycles. The van der Waals surface area contributed by atoms with Crippen molar-refractivity contribution in [1.29, 1.82) is 0 Å². The minimum absolute atomic E-state index is 0.0948. The van der Waals surface area contributed by atoms with Crippen LogP contribution in [0.25, 0.3) is 0 Å². The molecule has 0 aliphatic carbocycles. The lowest BCUT2D eigenvalue weighted by Gasteiger charge is -2.26. The Labute approximate surface area is 87.0 Å². The van der Waals surface area contributed by atoms with E-state index in [0.29, 0.717) is 0 Å². The molecule has 0 radical (unpaired) electrons. The van der Waals surface area contributed by atoms with Crippen molar-refractivity contribution >= 4 is 5.71 Å². The molecule has 0 saturated heterocycles. The summed E-state index contributed by atoms with van der Waals surface area (Å²) in [6.45, 7) is 11.8. The maximum atomic E-state index is 8.93. The van der Waals surface area contributed by atoms with Gasteiger partial charge >= 0.3 is 0 Å². The van der Waals surface area contributed by atoms with Gasteiger partial charge in [-0.3, -0.25) is 0 Å². The van der Waals surface area contributed by atoms with Crippen molar-refractivity contribution in [3.05, 3.63) is 24.8 Å². The average Bonchev–Trinajstić information content (AvgIpc) is 2.04. The van der Waals surface area contributed by atoms with Crippen LogP contribution in [0, 0.1) is 11.3 Å². The summed E-state index contributed by atoms with van der Waals surface area (Å²) in [6.07, 6.45) is 6.56. The Hall–Kier alpha value is -1.05. The summed E-state index contributed by atoms with van der Waals surface area (Å²) in [4.78, 5) is 0. The van der Waals surface area contributed by atoms with Crippen LogP contribution in [0.3, 0.4) is 0 Å². The molecule has 0 bridgehead atoms. The number of rotatable bonds is 5. The molecule has 0 saturated carbocycles. The van der Waals surface area contributed by atoms with Crippen LogP contribution in [0.2, 0.25) is 0 Å². The summed E-state index contributed by atoms with van der Waals surface area (Å²) >= 11 is 0. The first-order chi connectivity index (χ1) is 6.45. The average molecular weight is 195 g/mol. The Morgan fingerprint density at radius 2 is 2.07 bits per heavy atom. The molecule has 0 aliphatic heterocycles. The largest absolute Gasteiger partial charge is 0.411 e. The van der Waals surface area contributed by atoms with E-state index in [4.69, 9.17) is 5.21 Å². The van der Waals surface area contributed by atoms with Crippen molar-refractivity contribution in [3.63, 3.8) is 0 Å². The van der Waals surface area contributed by atoms with Gasteiger partial charge in [0.2, 0.25) is 0 Å². The van der Waals surface area contributed by atoms with Gasteiger partial charge in [0.25, 0.3) is 0 Å². The highest BCUT2D eigenvalue weighted by atomic mass is 16.4. The second-order valence-corrected chi connectivity index (χ2v) is 4.39. The fraction of sp³-hybridized carbons (Fsp3) is 0.583. The zero-order valence-corrected chi connectivity index (χ0v) is 9.62. The molecule has 1 N–H and O–H groups in total. The molecule has 80 valence electrons. The maximum Gasteiger partial charge on any atom is 0.0655 e. The van der Waals surface area contributed by atoms with E-state index >= 15 is 0 Å². The SMILES string of the molecule is C=C/C=C/CC(C)(C)/C(=N\O)C(C)C. The zero-order chi connectivity index (χ0) is 11.2. The van der Waals surface area contributed by atoms with Crippen molar-refractivity contribution in [3.8, 4) is 0 Å². The van der Waals surface area contributed by atoms with Gasteiger partial charge in [0.1, 0.15) is 0 Å². The lowest BCUT2D eigenvalue weighted by molar-refractivity contribution is 0.303. The summed E-state index contributed by atoms with van der Waals surface area (Å²) in [5.41, 5.74) is 0.744. The predicted molar refractivity (Wildman–Crippen MR) is 61.8 cm³/mol. The van der Waals surface area contributed by atoms with Gasteiger partial charge in [-0.05, 0) is 12.3 Å². The smallest absolute Gasteiger partial charge is 0.0655 e. The molecule has 0 spiro atoms. The van der Waals surface area contributed by atoms with Crippen LogP contribution < -0.4 is 0 Å². The van der Waals surface area contributed by atoms with Gasteiger partial charge in [0.05, 0.1) is 5.71 Å². The fourth-order valence-corrected chi connectivity index (χ4v) is 1.60. The Bertz CT molecular complexity index is 237. The topological polar surface area (TPSA) is 32.6 Å². The molecule has 0 fully saturated rings. The molecular formula is C12H21NO. The van der Waals surface area contributed by atoms with Crippen LogP contribution >= 0.6 is 0 Å². The summed E-state index contributed by atoms with van der Waals surface area (Å²) in [5.74, 6) is 0.270. The van der Waals surface area contributed by atoms with Crippen LogP contribution in [0.15, 0.2) is 30.0 Å². The Kier molecular flexibility index (Phi) is 5.21. The molecule has 0 atom stereocenters. The molecule has 0 amide bonds. The monoisotopic (exact) mass is 195 g/mol. The van der Waals surface area contributed by atoms with Gasteiger partial charge in [-0.1, -0.05) is 57.7 Å². The molecule has 0 rings (SSSR count). The summed E-state index contributed by atoms with van der Waals surface area (Å²) in [5, 5.41) is 12.3. The van der Waals surface area contributed by atoms with E-state index in [2.05, 4.69) is 25.6 Å². The lowest BCUT2D eigenvalue weighted by atomic mass is 9.79. The molecule has 0 heterocycles. The normalized spacial score (nSPS) is 13.9. The molecular weight excluding hydrogens is 174 g/mol. The first-order valence-corrected chi connectivity index (χ1v) is 4.95. The highest BCUT2D eigenvalue weighted by Crippen LogP contribution is 2.27. The van der Waals surface area contributed by atoms with Crippen LogP contribution in [0.4, 0.5) is 0 Å². The van der Waals surface area contributed by atoms with E-state index in [0.717, 1.165) is 12.1 Å². The van der Waals surface area contributed by atoms with Crippen LogP contribution in [-0.2, 0) is 0 Å². The third-order valence-corrected chi connectivity index (χ3v) is 2.25. The minimum atomic E-state index is -0.0948. The second kappa shape index (κ2) is 5.63. The fourth-order valence-electron chi connectivity index (χ4n) is 1.60. The van der Waals surface area contributed by atoms with Crippen LogP contribution in [0.5, 0.6) is 0 Å². The quantitative estimate of drug-likeness (QED) is 0.309. The molecule has 0 aliphatic rings. The zero-order valence-electron chi connectivity index (χ0n) is 9.62. The highest BCUT2D eigenvalue weighted by Gasteiger charge is 2.26. The van der Waals surface area contributed by atoms with Crippen molar-refractivity contribution in [1.82, 2.24) is 0 Å². The van der Waals surface area contributed by atoms with Crippen molar-refractivity contribution < 1.29 is 5.21 Å². The van der Waals surface area contributed by atoms with Crippen molar-refractivity contribution in [2.75, 3.05) is 0 Å². The predicted octanol–water partition coefficient (Wildman–Crippen LogP) is 3.63. The molecule has 0 aromatic rings. The number of oxime groups is 1. The number of hydrogen-bond acceptors (Lipinski definition) is 2. The van der Waals surface area contributed by atoms with Crippen molar-refractivity contribution in [2.45, 2.75) is 34.1 Å². The number of hydrogen-bond donors (Lipinski definition) is 1. The van der Waals surface area contributed by atoms with E-state index in [9.17, 15) is 0 Å². The van der Waals surface area contributed by atoms with E-state index in [1.54, 1.807) is 6.08 Å². The Balaban J connectivity index is 4.58. The molecule has 14 heavy (non-hydrogen) atoms. The highest BCUT2D eigenvalue weighted by molar-refractivity contribution is 5.90. The number of nitrogens with zero attached hydrogens (tertiary/aromatic N) is 1. The molecule has 2 heteroatoms. The molecule has 2 nitrogen and oxygen atoms in total. The van der Waals surface area contributed by atoms with Gasteiger partial charge in [0.15, 0.2) is 0 Å². The van der Waals surface area contributed by atoms with Crippen LogP contribution in [0.1, 0.15) is 34.1 Å². The van der Waals surface area contributed by atoms with Crippen molar-refractivity contribution in [2.24, 2.45) is 16.5 Å². The minimum Gasteiger partial charge on any atom is -0.411 e. The van der Waals surface area contributed by atoms with Gasteiger partial charge in [0, 0.05) is 5.41 Å². The first-order valence-electron chi connectivity index (χ1n) is 4.95. The lowest BCUT2D eigenvalue weighted by Crippen LogP contribution is -2.28. The molecule has 0 unspecified atom stereocenters. The standard InChI is InChI=1S/C12H21NO/c1-6-7-8-9-12(4,5)11(13-14)10(2)3/h6-8,10,14H,1,9H2,2-5H3/b8-7+,13-11-. The molecule has 0 aromatic carbocycles. The summed E-state index contributed by atoms with van der Waals surface area (Å²) in [6, 6.07) is 0. The van der Waals surface area contributed by atoms with Gasteiger partial charge in [-0.25, -0.2) is 0 Å². The Morgan fingerprint density at radius 1 is 1.50 bits per heavy atom. The van der Waals surface area contributed by atoms with E-state index in [-0.39, 0.29) is 11.3 Å². The van der Waals surface area contributed by atoms with Gasteiger partial charge in [-0.15, -0.1) is 0 Å². The van der Waals surface area contributed by atoms with E-state index in [1.165, 1.54) is 0 Å². The third kappa shape index (κ3) is 3.77. The first kappa shape index (κ1) is 12.9. The van der Waals surface area contributed by atoms with Gasteiger partial charge < -0.3 is 5.21 Å². The Morgan fingerprint density at radius 3 is 2.43 bits per heavy atom. The summed E-state index contributed by atoms with van der Waals surface area (Å²) < 4.78 is 0. The summed E-state index contributed by atoms with van der Waals surface area (Å²) in [7, 11) is 0. The number of allylic oxidation sites excluding steroid dienone is 3. The third-order valence-electron chi connectivity index (χ3n) is 2.25. The van der Waals surface area contributed by atoms with Crippen LogP contribution in [-0.4, -0.2) is 10.9 Å². The van der Waals surface area contributed by atoms with Gasteiger partial charge in [-0.2, -0.15) is 0 Å². The second-order valence-electron chi connectivity index (χ2n) is 4.39. The maximum absolute atomic E-state index is 8.93. The van der Waals surface area contributed by atoms with E-state index in [1.807, 2.05) is 26.0 Å². The van der Waals surface area contributed by atoms with E-state index < -0.39 is 0 Å².